The van der Waals surface area contributed by atoms with Gasteiger partial charge in [0.1, 0.15) is 0 Å². The maximum absolute atomic E-state index is 2.24. The number of hydrogen-bond donors (Lipinski definition) is 0. The van der Waals surface area contributed by atoms with Gasteiger partial charge < -0.3 is 0 Å². The zero-order chi connectivity index (χ0) is 13.6. The summed E-state index contributed by atoms with van der Waals surface area (Å²) in [5.41, 5.74) is 5.37. The molecule has 0 aliphatic carbocycles. The topological polar surface area (TPSA) is 0 Å². The molecule has 0 radical (unpaired) electrons. The predicted molar refractivity (Wildman–Crippen MR) is 85.7 cm³/mol. The Morgan fingerprint density at radius 2 is 0.850 bits per heavy atom. The minimum atomic E-state index is 1.10. The van der Waals surface area contributed by atoms with Crippen LogP contribution in [-0.4, -0.2) is 0 Å². The lowest BCUT2D eigenvalue weighted by Gasteiger charge is -2.05. The van der Waals surface area contributed by atoms with Gasteiger partial charge in [0.15, 0.2) is 0 Å². The summed E-state index contributed by atoms with van der Waals surface area (Å²) in [7, 11) is 0. The molecule has 3 aromatic carbocycles. The predicted octanol–water partition coefficient (Wildman–Crippen LogP) is 5.14. The first-order valence-corrected chi connectivity index (χ1v) is 7.10. The molecule has 0 aliphatic heterocycles. The molecule has 0 saturated heterocycles. The van der Waals surface area contributed by atoms with Crippen molar-refractivity contribution in [3.63, 3.8) is 0 Å². The SMILES string of the molecule is c1ccc(CCc2ccc(-c3ccccc3)cc2)cc1. The van der Waals surface area contributed by atoms with Crippen molar-refractivity contribution in [1.29, 1.82) is 0 Å². The van der Waals surface area contributed by atoms with E-state index in [1.165, 1.54) is 22.3 Å². The van der Waals surface area contributed by atoms with E-state index < -0.39 is 0 Å². The Hall–Kier alpha value is -2.34. The molecule has 0 amide bonds. The summed E-state index contributed by atoms with van der Waals surface area (Å²) in [4.78, 5) is 0. The molecule has 0 nitrogen and oxygen atoms in total. The summed E-state index contributed by atoms with van der Waals surface area (Å²) in [6.07, 6.45) is 2.20. The zero-order valence-electron chi connectivity index (χ0n) is 11.5. The first kappa shape index (κ1) is 12.7. The van der Waals surface area contributed by atoms with E-state index in [1.807, 2.05) is 0 Å². The van der Waals surface area contributed by atoms with Crippen molar-refractivity contribution >= 4 is 0 Å². The van der Waals surface area contributed by atoms with E-state index in [0.29, 0.717) is 0 Å². The highest BCUT2D eigenvalue weighted by Crippen LogP contribution is 2.19. The number of hydrogen-bond acceptors (Lipinski definition) is 0. The molecule has 0 atom stereocenters. The van der Waals surface area contributed by atoms with Crippen LogP contribution in [0.4, 0.5) is 0 Å². The molecule has 3 aromatic rings. The van der Waals surface area contributed by atoms with Gasteiger partial charge >= 0.3 is 0 Å². The highest BCUT2D eigenvalue weighted by Gasteiger charge is 1.98. The van der Waals surface area contributed by atoms with Crippen molar-refractivity contribution in [2.24, 2.45) is 0 Å². The molecule has 0 aromatic heterocycles. The van der Waals surface area contributed by atoms with Crippen LogP contribution in [0.5, 0.6) is 0 Å². The van der Waals surface area contributed by atoms with Gasteiger partial charge in [-0.25, -0.2) is 0 Å². The lowest BCUT2D eigenvalue weighted by Crippen LogP contribution is -1.90. The van der Waals surface area contributed by atoms with E-state index in [2.05, 4.69) is 84.9 Å². The first-order valence-electron chi connectivity index (χ1n) is 7.10. The molecule has 0 spiro atoms. The average Bonchev–Trinajstić information content (AvgIpc) is 2.55. The van der Waals surface area contributed by atoms with Crippen molar-refractivity contribution in [3.8, 4) is 11.1 Å². The van der Waals surface area contributed by atoms with E-state index in [4.69, 9.17) is 0 Å². The van der Waals surface area contributed by atoms with Gasteiger partial charge in [0.05, 0.1) is 0 Å². The van der Waals surface area contributed by atoms with Crippen LogP contribution in [-0.2, 0) is 12.8 Å². The van der Waals surface area contributed by atoms with Crippen LogP contribution in [0, 0.1) is 0 Å². The molecule has 3 rings (SSSR count). The van der Waals surface area contributed by atoms with Crippen LogP contribution in [0.3, 0.4) is 0 Å². The third kappa shape index (κ3) is 3.16. The number of benzene rings is 3. The van der Waals surface area contributed by atoms with Gasteiger partial charge in [-0.05, 0) is 35.1 Å². The van der Waals surface area contributed by atoms with Gasteiger partial charge in [0, 0.05) is 0 Å². The molecule has 0 heteroatoms. The van der Waals surface area contributed by atoms with Gasteiger partial charge in [0.2, 0.25) is 0 Å². The molecule has 0 N–H and O–H groups in total. The maximum Gasteiger partial charge on any atom is -0.0184 e. The second kappa shape index (κ2) is 6.21. The van der Waals surface area contributed by atoms with Crippen LogP contribution in [0.15, 0.2) is 84.9 Å². The molecular weight excluding hydrogens is 240 g/mol. The van der Waals surface area contributed by atoms with Gasteiger partial charge in [-0.2, -0.15) is 0 Å². The Morgan fingerprint density at radius 1 is 0.400 bits per heavy atom. The average molecular weight is 258 g/mol. The van der Waals surface area contributed by atoms with Crippen LogP contribution in [0.25, 0.3) is 11.1 Å². The Balaban J connectivity index is 1.68. The summed E-state index contributed by atoms with van der Waals surface area (Å²) in [5, 5.41) is 0. The highest BCUT2D eigenvalue weighted by atomic mass is 14.0. The largest absolute Gasteiger partial charge is 0.0622 e. The van der Waals surface area contributed by atoms with Gasteiger partial charge in [0.25, 0.3) is 0 Å². The third-order valence-electron chi connectivity index (χ3n) is 3.61. The summed E-state index contributed by atoms with van der Waals surface area (Å²) >= 11 is 0. The number of aryl methyl sites for hydroxylation is 2. The Kier molecular flexibility index (Phi) is 3.93. The molecular formula is C20H18. The van der Waals surface area contributed by atoms with E-state index in [1.54, 1.807) is 0 Å². The van der Waals surface area contributed by atoms with E-state index in [-0.39, 0.29) is 0 Å². The Bertz CT molecular complexity index is 637. The van der Waals surface area contributed by atoms with Crippen molar-refractivity contribution in [1.82, 2.24) is 0 Å². The molecule has 20 heavy (non-hydrogen) atoms. The van der Waals surface area contributed by atoms with Crippen LogP contribution in [0.1, 0.15) is 11.1 Å². The monoisotopic (exact) mass is 258 g/mol. The molecule has 0 heterocycles. The van der Waals surface area contributed by atoms with Gasteiger partial charge in [-0.3, -0.25) is 0 Å². The minimum absolute atomic E-state index is 1.10. The molecule has 0 saturated carbocycles. The molecule has 0 aliphatic rings. The van der Waals surface area contributed by atoms with E-state index >= 15 is 0 Å². The van der Waals surface area contributed by atoms with Crippen LogP contribution in [0.2, 0.25) is 0 Å². The van der Waals surface area contributed by atoms with Gasteiger partial charge in [-0.1, -0.05) is 84.9 Å². The molecule has 0 bridgehead atoms. The first-order chi connectivity index (χ1) is 9.92. The fourth-order valence-corrected chi connectivity index (χ4v) is 2.43. The molecule has 98 valence electrons. The Morgan fingerprint density at radius 3 is 1.45 bits per heavy atom. The third-order valence-corrected chi connectivity index (χ3v) is 3.61. The minimum Gasteiger partial charge on any atom is -0.0622 e. The lowest BCUT2D eigenvalue weighted by molar-refractivity contribution is 0.960. The summed E-state index contributed by atoms with van der Waals surface area (Å²) < 4.78 is 0. The summed E-state index contributed by atoms with van der Waals surface area (Å²) in [5.74, 6) is 0. The quantitative estimate of drug-likeness (QED) is 0.608. The van der Waals surface area contributed by atoms with E-state index in [0.717, 1.165) is 12.8 Å². The normalized spacial score (nSPS) is 10.4. The highest BCUT2D eigenvalue weighted by molar-refractivity contribution is 5.63. The lowest BCUT2D eigenvalue weighted by atomic mass is 10.0. The summed E-state index contributed by atoms with van der Waals surface area (Å²) in [6.45, 7) is 0. The van der Waals surface area contributed by atoms with Gasteiger partial charge in [-0.15, -0.1) is 0 Å². The van der Waals surface area contributed by atoms with Crippen molar-refractivity contribution in [3.05, 3.63) is 96.1 Å². The Labute approximate surface area is 120 Å². The second-order valence-corrected chi connectivity index (χ2v) is 5.05. The maximum atomic E-state index is 2.24. The zero-order valence-corrected chi connectivity index (χ0v) is 11.5. The van der Waals surface area contributed by atoms with Crippen molar-refractivity contribution < 1.29 is 0 Å². The smallest absolute Gasteiger partial charge is 0.0184 e. The number of rotatable bonds is 4. The standard InChI is InChI=1S/C20H18/c1-3-7-17(8-4-1)11-12-18-13-15-20(16-14-18)19-9-5-2-6-10-19/h1-10,13-16H,11-12H2. The summed E-state index contributed by atoms with van der Waals surface area (Å²) in [6, 6.07) is 30.1. The van der Waals surface area contributed by atoms with Crippen LogP contribution < -0.4 is 0 Å². The van der Waals surface area contributed by atoms with Crippen LogP contribution >= 0.6 is 0 Å². The van der Waals surface area contributed by atoms with Crippen molar-refractivity contribution in [2.75, 3.05) is 0 Å². The second-order valence-electron chi connectivity index (χ2n) is 5.05. The van der Waals surface area contributed by atoms with E-state index in [9.17, 15) is 0 Å². The fraction of sp³-hybridized carbons (Fsp3) is 0.100. The fourth-order valence-electron chi connectivity index (χ4n) is 2.43. The van der Waals surface area contributed by atoms with Crippen molar-refractivity contribution in [2.45, 2.75) is 12.8 Å². The molecule has 0 fully saturated rings. The molecule has 0 unspecified atom stereocenters.